The van der Waals surface area contributed by atoms with Crippen molar-refractivity contribution in [2.75, 3.05) is 18.4 Å². The molecule has 1 fully saturated rings. The van der Waals surface area contributed by atoms with Crippen molar-refractivity contribution in [2.45, 2.75) is 26.2 Å². The molecule has 7 heteroatoms. The highest BCUT2D eigenvalue weighted by Crippen LogP contribution is 2.24. The Hall–Kier alpha value is -3.09. The summed E-state index contributed by atoms with van der Waals surface area (Å²) < 4.78 is 5.25. The van der Waals surface area contributed by atoms with Crippen LogP contribution in [0.25, 0.3) is 0 Å². The monoisotopic (exact) mass is 370 g/mol. The van der Waals surface area contributed by atoms with Crippen LogP contribution in [0.15, 0.2) is 41.0 Å². The minimum Gasteiger partial charge on any atom is -0.481 e. The molecule has 1 aliphatic heterocycles. The maximum absolute atomic E-state index is 12.8. The maximum Gasteiger partial charge on any atom is 0.311 e. The van der Waals surface area contributed by atoms with Crippen LogP contribution in [0.1, 0.15) is 34.5 Å². The zero-order chi connectivity index (χ0) is 19.4. The molecule has 2 aromatic rings. The molecule has 0 bridgehead atoms. The fraction of sp³-hybridized carbons (Fsp3) is 0.350. The number of benzene rings is 1. The number of carboxylic acids is 1. The third-order valence-corrected chi connectivity index (χ3v) is 4.77. The number of rotatable bonds is 5. The van der Waals surface area contributed by atoms with Crippen LogP contribution >= 0.6 is 0 Å². The van der Waals surface area contributed by atoms with Gasteiger partial charge in [-0.2, -0.15) is 0 Å². The van der Waals surface area contributed by atoms with E-state index in [0.717, 1.165) is 5.69 Å². The lowest BCUT2D eigenvalue weighted by atomic mass is 9.95. The maximum atomic E-state index is 12.8. The van der Waals surface area contributed by atoms with Crippen LogP contribution in [-0.2, 0) is 16.0 Å². The molecule has 1 aliphatic rings. The Labute approximate surface area is 157 Å². The number of nitrogens with one attached hydrogen (secondary N) is 1. The summed E-state index contributed by atoms with van der Waals surface area (Å²) in [6.45, 7) is 2.62. The molecule has 1 aromatic carbocycles. The molecular weight excluding hydrogens is 348 g/mol. The molecule has 27 heavy (non-hydrogen) atoms. The molecule has 0 atom stereocenters. The zero-order valence-electron chi connectivity index (χ0n) is 15.1. The van der Waals surface area contributed by atoms with Gasteiger partial charge in [-0.15, -0.1) is 0 Å². The van der Waals surface area contributed by atoms with Gasteiger partial charge in [-0.1, -0.05) is 18.2 Å². The molecule has 2 amide bonds. The molecule has 0 saturated carbocycles. The Bertz CT molecular complexity index is 835. The Balaban J connectivity index is 1.61. The van der Waals surface area contributed by atoms with Gasteiger partial charge in [0.2, 0.25) is 5.91 Å². The standard InChI is InChI=1S/C20H22N2O5/c1-13-12-27-16(11-17(23)24)18(13)20(26)22-9-7-14(8-10-22)19(25)21-15-5-3-2-4-6-15/h2-6,12,14H,7-11H2,1H3,(H,21,25)(H,23,24). The fourth-order valence-electron chi connectivity index (χ4n) is 3.32. The van der Waals surface area contributed by atoms with Crippen LogP contribution in [0.2, 0.25) is 0 Å². The molecular formula is C20H22N2O5. The lowest BCUT2D eigenvalue weighted by molar-refractivity contribution is -0.136. The van der Waals surface area contributed by atoms with Gasteiger partial charge in [0.25, 0.3) is 5.91 Å². The molecule has 1 aromatic heterocycles. The molecule has 0 spiro atoms. The van der Waals surface area contributed by atoms with Crippen molar-refractivity contribution in [3.8, 4) is 0 Å². The molecule has 2 N–H and O–H groups in total. The summed E-state index contributed by atoms with van der Waals surface area (Å²) >= 11 is 0. The van der Waals surface area contributed by atoms with E-state index >= 15 is 0 Å². The summed E-state index contributed by atoms with van der Waals surface area (Å²) in [5, 5.41) is 11.9. The predicted molar refractivity (Wildman–Crippen MR) is 98.5 cm³/mol. The van der Waals surface area contributed by atoms with Crippen LogP contribution in [0.3, 0.4) is 0 Å². The van der Waals surface area contributed by atoms with Crippen molar-refractivity contribution in [1.29, 1.82) is 0 Å². The number of likely N-dealkylation sites (tertiary alicyclic amines) is 1. The van der Waals surface area contributed by atoms with Crippen molar-refractivity contribution in [2.24, 2.45) is 5.92 Å². The van der Waals surface area contributed by atoms with Crippen molar-refractivity contribution in [1.82, 2.24) is 4.90 Å². The predicted octanol–water partition coefficient (Wildman–Crippen LogP) is 2.71. The normalized spacial score (nSPS) is 14.8. The van der Waals surface area contributed by atoms with Gasteiger partial charge >= 0.3 is 5.97 Å². The zero-order valence-corrected chi connectivity index (χ0v) is 15.1. The van der Waals surface area contributed by atoms with Gasteiger partial charge in [-0.25, -0.2) is 0 Å². The number of carbonyl (C=O) groups is 3. The van der Waals surface area contributed by atoms with E-state index in [0.29, 0.717) is 37.1 Å². The second kappa shape index (κ2) is 8.07. The number of hydrogen-bond acceptors (Lipinski definition) is 4. The first-order chi connectivity index (χ1) is 13.0. The van der Waals surface area contributed by atoms with Crippen LogP contribution in [0.4, 0.5) is 5.69 Å². The van der Waals surface area contributed by atoms with Crippen molar-refractivity contribution >= 4 is 23.5 Å². The van der Waals surface area contributed by atoms with Gasteiger partial charge in [0, 0.05) is 30.3 Å². The summed E-state index contributed by atoms with van der Waals surface area (Å²) in [4.78, 5) is 37.9. The largest absolute Gasteiger partial charge is 0.481 e. The average molecular weight is 370 g/mol. The third-order valence-electron chi connectivity index (χ3n) is 4.77. The average Bonchev–Trinajstić information content (AvgIpc) is 3.01. The molecule has 1 saturated heterocycles. The Morgan fingerprint density at radius 3 is 2.48 bits per heavy atom. The first-order valence-corrected chi connectivity index (χ1v) is 8.89. The highest BCUT2D eigenvalue weighted by atomic mass is 16.4. The number of nitrogens with zero attached hydrogens (tertiary/aromatic N) is 1. The van der Waals surface area contributed by atoms with E-state index in [9.17, 15) is 14.4 Å². The lowest BCUT2D eigenvalue weighted by Gasteiger charge is -2.31. The first-order valence-electron chi connectivity index (χ1n) is 8.89. The van der Waals surface area contributed by atoms with Gasteiger partial charge < -0.3 is 19.7 Å². The number of piperidine rings is 1. The van der Waals surface area contributed by atoms with Gasteiger partial charge in [0.05, 0.1) is 11.8 Å². The molecule has 0 unspecified atom stereocenters. The summed E-state index contributed by atoms with van der Waals surface area (Å²) in [6, 6.07) is 9.28. The van der Waals surface area contributed by atoms with Crippen molar-refractivity contribution in [3.05, 3.63) is 53.5 Å². The quantitative estimate of drug-likeness (QED) is 0.843. The van der Waals surface area contributed by atoms with E-state index in [1.807, 2.05) is 30.3 Å². The molecule has 7 nitrogen and oxygen atoms in total. The van der Waals surface area contributed by atoms with Crippen LogP contribution in [0, 0.1) is 12.8 Å². The number of hydrogen-bond donors (Lipinski definition) is 2. The smallest absolute Gasteiger partial charge is 0.311 e. The Morgan fingerprint density at radius 2 is 1.85 bits per heavy atom. The highest BCUT2D eigenvalue weighted by Gasteiger charge is 2.30. The van der Waals surface area contributed by atoms with Gasteiger partial charge in [0.15, 0.2) is 0 Å². The van der Waals surface area contributed by atoms with E-state index in [1.165, 1.54) is 6.26 Å². The summed E-state index contributed by atoms with van der Waals surface area (Å²) in [5.41, 5.74) is 1.71. The minimum atomic E-state index is -1.05. The Kier molecular flexibility index (Phi) is 5.59. The van der Waals surface area contributed by atoms with E-state index in [2.05, 4.69) is 5.32 Å². The summed E-state index contributed by atoms with van der Waals surface area (Å²) in [5.74, 6) is -1.30. The number of para-hydroxylation sites is 1. The van der Waals surface area contributed by atoms with E-state index in [4.69, 9.17) is 9.52 Å². The second-order valence-electron chi connectivity index (χ2n) is 6.71. The summed E-state index contributed by atoms with van der Waals surface area (Å²) in [6.07, 6.45) is 2.21. The minimum absolute atomic E-state index is 0.0423. The van der Waals surface area contributed by atoms with Gasteiger partial charge in [-0.05, 0) is 31.9 Å². The fourth-order valence-corrected chi connectivity index (χ4v) is 3.32. The third kappa shape index (κ3) is 4.36. The number of furan rings is 1. The molecule has 0 aliphatic carbocycles. The van der Waals surface area contributed by atoms with E-state index < -0.39 is 5.97 Å². The highest BCUT2D eigenvalue weighted by molar-refractivity contribution is 5.98. The second-order valence-corrected chi connectivity index (χ2v) is 6.71. The molecule has 142 valence electrons. The molecule has 3 rings (SSSR count). The number of amides is 2. The molecule has 0 radical (unpaired) electrons. The number of aryl methyl sites for hydroxylation is 1. The first kappa shape index (κ1) is 18.7. The summed E-state index contributed by atoms with van der Waals surface area (Å²) in [7, 11) is 0. The Morgan fingerprint density at radius 1 is 1.19 bits per heavy atom. The topological polar surface area (TPSA) is 99.8 Å². The number of carboxylic acid groups (broad SMARTS) is 1. The molecule has 2 heterocycles. The van der Waals surface area contributed by atoms with Crippen molar-refractivity contribution < 1.29 is 23.9 Å². The lowest BCUT2D eigenvalue weighted by Crippen LogP contribution is -2.41. The number of aliphatic carboxylic acids is 1. The van der Waals surface area contributed by atoms with Crippen molar-refractivity contribution in [3.63, 3.8) is 0 Å². The van der Waals surface area contributed by atoms with Crippen LogP contribution < -0.4 is 5.32 Å². The number of carbonyl (C=O) groups excluding carboxylic acids is 2. The van der Waals surface area contributed by atoms with Crippen LogP contribution in [0.5, 0.6) is 0 Å². The van der Waals surface area contributed by atoms with E-state index in [-0.39, 0.29) is 29.9 Å². The van der Waals surface area contributed by atoms with E-state index in [1.54, 1.807) is 11.8 Å². The number of anilines is 1. The SMILES string of the molecule is Cc1coc(CC(=O)O)c1C(=O)N1CCC(C(=O)Nc2ccccc2)CC1. The van der Waals surface area contributed by atoms with Gasteiger partial charge in [-0.3, -0.25) is 14.4 Å². The van der Waals surface area contributed by atoms with Crippen LogP contribution in [-0.4, -0.2) is 40.9 Å². The van der Waals surface area contributed by atoms with Gasteiger partial charge in [0.1, 0.15) is 12.2 Å².